The smallest absolute Gasteiger partial charge is 0.236 e. The van der Waals surface area contributed by atoms with Gasteiger partial charge in [-0.3, -0.25) is 9.69 Å². The molecule has 2 heterocycles. The van der Waals surface area contributed by atoms with Crippen molar-refractivity contribution in [1.82, 2.24) is 9.80 Å². The van der Waals surface area contributed by atoms with Crippen molar-refractivity contribution < 1.29 is 9.90 Å². The monoisotopic (exact) mass is 212 g/mol. The molecule has 15 heavy (non-hydrogen) atoms. The molecule has 0 saturated carbocycles. The quantitative estimate of drug-likeness (QED) is 0.704. The first-order valence-electron chi connectivity index (χ1n) is 5.94. The third-order valence-corrected chi connectivity index (χ3v) is 3.32. The molecular formula is C11H20N2O2. The minimum Gasteiger partial charge on any atom is -0.392 e. The Balaban J connectivity index is 1.76. The van der Waals surface area contributed by atoms with Gasteiger partial charge in [0.25, 0.3) is 0 Å². The molecule has 1 N–H and O–H groups in total. The Labute approximate surface area is 90.9 Å². The molecule has 2 saturated heterocycles. The van der Waals surface area contributed by atoms with Crippen molar-refractivity contribution in [3.63, 3.8) is 0 Å². The van der Waals surface area contributed by atoms with Crippen molar-refractivity contribution in [2.75, 3.05) is 32.7 Å². The normalized spacial score (nSPS) is 28.3. The number of amides is 1. The van der Waals surface area contributed by atoms with Crippen LogP contribution in [0.15, 0.2) is 0 Å². The van der Waals surface area contributed by atoms with Gasteiger partial charge in [-0.25, -0.2) is 0 Å². The molecule has 0 aromatic rings. The zero-order valence-corrected chi connectivity index (χ0v) is 9.19. The maximum Gasteiger partial charge on any atom is 0.236 e. The molecule has 2 rings (SSSR count). The van der Waals surface area contributed by atoms with Gasteiger partial charge in [-0.05, 0) is 25.7 Å². The third-order valence-electron chi connectivity index (χ3n) is 3.32. The number of β-amino-alcohol motifs (C(OH)–C–C–N with tert-alkyl or cyclic N) is 1. The van der Waals surface area contributed by atoms with Crippen LogP contribution in [0, 0.1) is 0 Å². The summed E-state index contributed by atoms with van der Waals surface area (Å²) in [4.78, 5) is 15.9. The van der Waals surface area contributed by atoms with E-state index in [2.05, 4.69) is 4.90 Å². The Morgan fingerprint density at radius 3 is 2.53 bits per heavy atom. The fourth-order valence-electron chi connectivity index (χ4n) is 2.39. The highest BCUT2D eigenvalue weighted by molar-refractivity contribution is 5.78. The van der Waals surface area contributed by atoms with Crippen LogP contribution < -0.4 is 0 Å². The predicted molar refractivity (Wildman–Crippen MR) is 57.5 cm³/mol. The average molecular weight is 212 g/mol. The van der Waals surface area contributed by atoms with E-state index in [4.69, 9.17) is 0 Å². The van der Waals surface area contributed by atoms with Gasteiger partial charge in [0.2, 0.25) is 5.91 Å². The molecule has 2 fully saturated rings. The Morgan fingerprint density at radius 2 is 1.93 bits per heavy atom. The molecule has 0 spiro atoms. The van der Waals surface area contributed by atoms with E-state index in [-0.39, 0.29) is 12.0 Å². The Hall–Kier alpha value is -0.610. The van der Waals surface area contributed by atoms with Crippen molar-refractivity contribution >= 4 is 5.91 Å². The van der Waals surface area contributed by atoms with Gasteiger partial charge in [0.15, 0.2) is 0 Å². The highest BCUT2D eigenvalue weighted by Gasteiger charge is 2.24. The molecule has 1 atom stereocenters. The van der Waals surface area contributed by atoms with Gasteiger partial charge in [-0.15, -0.1) is 0 Å². The highest BCUT2D eigenvalue weighted by atomic mass is 16.3. The van der Waals surface area contributed by atoms with E-state index in [1.54, 1.807) is 0 Å². The van der Waals surface area contributed by atoms with Crippen LogP contribution in [0.4, 0.5) is 0 Å². The van der Waals surface area contributed by atoms with Crippen LogP contribution in [-0.4, -0.2) is 59.6 Å². The van der Waals surface area contributed by atoms with E-state index in [0.717, 1.165) is 38.9 Å². The Kier molecular flexibility index (Phi) is 3.59. The molecule has 0 aliphatic carbocycles. The standard InChI is InChI=1S/C11H20N2O2/c14-10-4-7-12(8-10)9-11(15)13-5-2-1-3-6-13/h10,14H,1-9H2/t10-/m0/s1. The maximum absolute atomic E-state index is 11.9. The van der Waals surface area contributed by atoms with Crippen molar-refractivity contribution in [2.24, 2.45) is 0 Å². The number of hydrogen-bond donors (Lipinski definition) is 1. The van der Waals surface area contributed by atoms with Crippen molar-refractivity contribution in [1.29, 1.82) is 0 Å². The molecule has 0 unspecified atom stereocenters. The first-order chi connectivity index (χ1) is 7.25. The topological polar surface area (TPSA) is 43.8 Å². The summed E-state index contributed by atoms with van der Waals surface area (Å²) in [7, 11) is 0. The van der Waals surface area contributed by atoms with Crippen LogP contribution in [0.2, 0.25) is 0 Å². The number of aliphatic hydroxyl groups is 1. The fourth-order valence-corrected chi connectivity index (χ4v) is 2.39. The summed E-state index contributed by atoms with van der Waals surface area (Å²) in [6.07, 6.45) is 4.14. The molecule has 1 amide bonds. The van der Waals surface area contributed by atoms with Crippen LogP contribution in [0.1, 0.15) is 25.7 Å². The molecule has 0 bridgehead atoms. The summed E-state index contributed by atoms with van der Waals surface area (Å²) in [5, 5.41) is 9.36. The Morgan fingerprint density at radius 1 is 1.20 bits per heavy atom. The third kappa shape index (κ3) is 2.92. The van der Waals surface area contributed by atoms with Gasteiger partial charge in [-0.2, -0.15) is 0 Å². The van der Waals surface area contributed by atoms with Crippen LogP contribution in [0.25, 0.3) is 0 Å². The molecule has 4 heteroatoms. The van der Waals surface area contributed by atoms with Crippen molar-refractivity contribution in [3.05, 3.63) is 0 Å². The van der Waals surface area contributed by atoms with E-state index >= 15 is 0 Å². The summed E-state index contributed by atoms with van der Waals surface area (Å²) in [6.45, 7) is 3.88. The molecule has 86 valence electrons. The number of aliphatic hydroxyl groups excluding tert-OH is 1. The minimum atomic E-state index is -0.223. The summed E-state index contributed by atoms with van der Waals surface area (Å²) in [5.74, 6) is 0.240. The van der Waals surface area contributed by atoms with Gasteiger partial charge in [0.1, 0.15) is 0 Å². The molecule has 0 aromatic carbocycles. The predicted octanol–water partition coefficient (Wildman–Crippen LogP) is 0.0655. The van der Waals surface area contributed by atoms with Gasteiger partial charge in [0, 0.05) is 26.2 Å². The maximum atomic E-state index is 11.9. The number of rotatable bonds is 2. The lowest BCUT2D eigenvalue weighted by molar-refractivity contribution is -0.133. The summed E-state index contributed by atoms with van der Waals surface area (Å²) in [5.41, 5.74) is 0. The number of carbonyl (C=O) groups is 1. The lowest BCUT2D eigenvalue weighted by Crippen LogP contribution is -2.42. The van der Waals surface area contributed by atoms with Gasteiger partial charge >= 0.3 is 0 Å². The van der Waals surface area contributed by atoms with E-state index < -0.39 is 0 Å². The van der Waals surface area contributed by atoms with E-state index in [0.29, 0.717) is 13.1 Å². The molecular weight excluding hydrogens is 192 g/mol. The fraction of sp³-hybridized carbons (Fsp3) is 0.909. The number of piperidine rings is 1. The molecule has 0 radical (unpaired) electrons. The highest BCUT2D eigenvalue weighted by Crippen LogP contribution is 2.12. The number of likely N-dealkylation sites (tertiary alicyclic amines) is 2. The second-order valence-electron chi connectivity index (χ2n) is 4.62. The largest absolute Gasteiger partial charge is 0.392 e. The average Bonchev–Trinajstić information content (AvgIpc) is 2.65. The second kappa shape index (κ2) is 4.94. The van der Waals surface area contributed by atoms with Gasteiger partial charge in [-0.1, -0.05) is 0 Å². The molecule has 0 aromatic heterocycles. The van der Waals surface area contributed by atoms with Crippen LogP contribution in [-0.2, 0) is 4.79 Å². The number of nitrogens with zero attached hydrogens (tertiary/aromatic N) is 2. The zero-order chi connectivity index (χ0) is 10.7. The van der Waals surface area contributed by atoms with Gasteiger partial charge < -0.3 is 10.0 Å². The van der Waals surface area contributed by atoms with Gasteiger partial charge in [0.05, 0.1) is 12.6 Å². The lowest BCUT2D eigenvalue weighted by Gasteiger charge is -2.28. The first kappa shape index (κ1) is 10.9. The Bertz CT molecular complexity index is 227. The molecule has 2 aliphatic rings. The SMILES string of the molecule is O=C(CN1CC[C@H](O)C1)N1CCCCC1. The lowest BCUT2D eigenvalue weighted by atomic mass is 10.1. The van der Waals surface area contributed by atoms with E-state index in [1.165, 1.54) is 6.42 Å². The number of hydrogen-bond acceptors (Lipinski definition) is 3. The molecule has 4 nitrogen and oxygen atoms in total. The van der Waals surface area contributed by atoms with E-state index in [1.807, 2.05) is 4.90 Å². The van der Waals surface area contributed by atoms with Crippen LogP contribution in [0.5, 0.6) is 0 Å². The van der Waals surface area contributed by atoms with Crippen molar-refractivity contribution in [3.8, 4) is 0 Å². The summed E-state index contributed by atoms with van der Waals surface area (Å²) >= 11 is 0. The summed E-state index contributed by atoms with van der Waals surface area (Å²) < 4.78 is 0. The zero-order valence-electron chi connectivity index (χ0n) is 9.19. The molecule has 2 aliphatic heterocycles. The van der Waals surface area contributed by atoms with Crippen LogP contribution in [0.3, 0.4) is 0 Å². The second-order valence-corrected chi connectivity index (χ2v) is 4.62. The first-order valence-corrected chi connectivity index (χ1v) is 5.94. The van der Waals surface area contributed by atoms with E-state index in [9.17, 15) is 9.90 Å². The van der Waals surface area contributed by atoms with Crippen LogP contribution >= 0.6 is 0 Å². The minimum absolute atomic E-state index is 0.223. The van der Waals surface area contributed by atoms with Crippen molar-refractivity contribution in [2.45, 2.75) is 31.8 Å². The summed E-state index contributed by atoms with van der Waals surface area (Å²) in [6, 6.07) is 0. The number of carbonyl (C=O) groups excluding carboxylic acids is 1.